The molecule has 3 aromatic rings. The Morgan fingerprint density at radius 3 is 3.00 bits per heavy atom. The first-order valence-electron chi connectivity index (χ1n) is 6.86. The Kier molecular flexibility index (Phi) is 3.64. The molecule has 5 nitrogen and oxygen atoms in total. The van der Waals surface area contributed by atoms with Gasteiger partial charge >= 0.3 is 0 Å². The van der Waals surface area contributed by atoms with Gasteiger partial charge in [-0.1, -0.05) is 18.2 Å². The quantitative estimate of drug-likeness (QED) is 0.770. The number of rotatable bonds is 4. The summed E-state index contributed by atoms with van der Waals surface area (Å²) in [5.41, 5.74) is 3.36. The van der Waals surface area contributed by atoms with Crippen LogP contribution in [0.25, 0.3) is 10.9 Å². The number of aromatic nitrogens is 3. The summed E-state index contributed by atoms with van der Waals surface area (Å²) in [6, 6.07) is 9.51. The van der Waals surface area contributed by atoms with Crippen molar-refractivity contribution in [1.82, 2.24) is 20.3 Å². The van der Waals surface area contributed by atoms with Crippen LogP contribution in [0.15, 0.2) is 42.9 Å². The van der Waals surface area contributed by atoms with E-state index in [9.17, 15) is 4.79 Å². The summed E-state index contributed by atoms with van der Waals surface area (Å²) in [5.74, 6) is -0.0729. The topological polar surface area (TPSA) is 70.7 Å². The number of carbonyl (C=O) groups is 1. The minimum absolute atomic E-state index is 0.0729. The summed E-state index contributed by atoms with van der Waals surface area (Å²) < 4.78 is 0. The Balaban J connectivity index is 1.78. The van der Waals surface area contributed by atoms with Crippen molar-refractivity contribution >= 4 is 16.8 Å². The molecule has 2 heterocycles. The molecule has 3 rings (SSSR count). The monoisotopic (exact) mass is 280 g/mol. The summed E-state index contributed by atoms with van der Waals surface area (Å²) in [6.45, 7) is 2.46. The Hall–Kier alpha value is -2.69. The molecule has 0 radical (unpaired) electrons. The van der Waals surface area contributed by atoms with Crippen LogP contribution in [0.3, 0.4) is 0 Å². The Bertz CT molecular complexity index is 765. The summed E-state index contributed by atoms with van der Waals surface area (Å²) in [5, 5.41) is 3.82. The lowest BCUT2D eigenvalue weighted by Crippen LogP contribution is -2.26. The number of hydrogen-bond acceptors (Lipinski definition) is 3. The second-order valence-electron chi connectivity index (χ2n) is 4.91. The van der Waals surface area contributed by atoms with Gasteiger partial charge in [0.05, 0.1) is 17.4 Å². The van der Waals surface area contributed by atoms with Crippen LogP contribution in [0.1, 0.15) is 21.7 Å². The van der Waals surface area contributed by atoms with Crippen molar-refractivity contribution in [1.29, 1.82) is 0 Å². The molecule has 0 bridgehead atoms. The first-order chi connectivity index (χ1) is 10.2. The minimum atomic E-state index is -0.0729. The zero-order chi connectivity index (χ0) is 14.7. The fourth-order valence-electron chi connectivity index (χ4n) is 2.32. The summed E-state index contributed by atoms with van der Waals surface area (Å²) >= 11 is 0. The van der Waals surface area contributed by atoms with Crippen LogP contribution in [0, 0.1) is 6.92 Å². The lowest BCUT2D eigenvalue weighted by Gasteiger charge is -2.08. The molecular weight excluding hydrogens is 264 g/mol. The number of benzene rings is 1. The number of H-pyrrole nitrogens is 1. The molecule has 2 aromatic heterocycles. The minimum Gasteiger partial charge on any atom is -0.352 e. The SMILES string of the molecule is Cc1cc(C(=O)NCCc2cnc[nH]2)c2ccccc2n1. The van der Waals surface area contributed by atoms with Crippen molar-refractivity contribution in [2.24, 2.45) is 0 Å². The molecule has 1 amide bonds. The van der Waals surface area contributed by atoms with Crippen molar-refractivity contribution in [2.75, 3.05) is 6.54 Å². The van der Waals surface area contributed by atoms with Crippen molar-refractivity contribution in [3.05, 3.63) is 59.8 Å². The molecule has 0 spiro atoms. The van der Waals surface area contributed by atoms with Crippen molar-refractivity contribution < 1.29 is 4.79 Å². The van der Waals surface area contributed by atoms with Crippen LogP contribution in [0.5, 0.6) is 0 Å². The molecule has 0 unspecified atom stereocenters. The molecule has 5 heteroatoms. The number of fused-ring (bicyclic) bond motifs is 1. The number of aryl methyl sites for hydroxylation is 1. The van der Waals surface area contributed by atoms with E-state index < -0.39 is 0 Å². The first-order valence-corrected chi connectivity index (χ1v) is 6.86. The summed E-state index contributed by atoms with van der Waals surface area (Å²) in [7, 11) is 0. The van der Waals surface area contributed by atoms with Crippen LogP contribution < -0.4 is 5.32 Å². The van der Waals surface area contributed by atoms with E-state index in [0.29, 0.717) is 12.1 Å². The van der Waals surface area contributed by atoms with Gasteiger partial charge < -0.3 is 10.3 Å². The van der Waals surface area contributed by atoms with Crippen LogP contribution in [-0.2, 0) is 6.42 Å². The van der Waals surface area contributed by atoms with Crippen LogP contribution in [-0.4, -0.2) is 27.4 Å². The van der Waals surface area contributed by atoms with E-state index >= 15 is 0 Å². The van der Waals surface area contributed by atoms with E-state index in [2.05, 4.69) is 20.3 Å². The fourth-order valence-corrected chi connectivity index (χ4v) is 2.32. The van der Waals surface area contributed by atoms with Crippen LogP contribution in [0.4, 0.5) is 0 Å². The highest BCUT2D eigenvalue weighted by atomic mass is 16.1. The molecule has 0 aliphatic carbocycles. The lowest BCUT2D eigenvalue weighted by molar-refractivity contribution is 0.0955. The largest absolute Gasteiger partial charge is 0.352 e. The number of imidazole rings is 1. The molecule has 1 aromatic carbocycles. The molecule has 106 valence electrons. The maximum atomic E-state index is 12.4. The van der Waals surface area contributed by atoms with Crippen molar-refractivity contribution in [3.63, 3.8) is 0 Å². The standard InChI is InChI=1S/C16H16N4O/c1-11-8-14(13-4-2-3-5-15(13)20-11)16(21)18-7-6-12-9-17-10-19-12/h2-5,8-10H,6-7H2,1H3,(H,17,19)(H,18,21). The molecule has 0 aliphatic rings. The van der Waals surface area contributed by atoms with E-state index in [4.69, 9.17) is 0 Å². The van der Waals surface area contributed by atoms with E-state index in [-0.39, 0.29) is 5.91 Å². The summed E-state index contributed by atoms with van der Waals surface area (Å²) in [4.78, 5) is 23.8. The molecule has 2 N–H and O–H groups in total. The average molecular weight is 280 g/mol. The van der Waals surface area contributed by atoms with E-state index in [1.54, 1.807) is 12.5 Å². The number of amides is 1. The van der Waals surface area contributed by atoms with Gasteiger partial charge in [0.1, 0.15) is 0 Å². The summed E-state index contributed by atoms with van der Waals surface area (Å²) in [6.07, 6.45) is 4.13. The second-order valence-corrected chi connectivity index (χ2v) is 4.91. The average Bonchev–Trinajstić information content (AvgIpc) is 2.99. The number of pyridine rings is 1. The number of para-hydroxylation sites is 1. The Morgan fingerprint density at radius 1 is 1.33 bits per heavy atom. The molecular formula is C16H16N4O. The van der Waals surface area contributed by atoms with Crippen molar-refractivity contribution in [3.8, 4) is 0 Å². The number of aromatic amines is 1. The third-order valence-corrected chi connectivity index (χ3v) is 3.32. The maximum absolute atomic E-state index is 12.4. The highest BCUT2D eigenvalue weighted by Gasteiger charge is 2.11. The zero-order valence-corrected chi connectivity index (χ0v) is 11.8. The fraction of sp³-hybridized carbons (Fsp3) is 0.188. The molecule has 0 aliphatic heterocycles. The predicted octanol–water partition coefficient (Wildman–Crippen LogP) is 2.24. The third kappa shape index (κ3) is 2.91. The van der Waals surface area contributed by atoms with Gasteiger partial charge in [-0.2, -0.15) is 0 Å². The number of nitrogens with zero attached hydrogens (tertiary/aromatic N) is 2. The van der Waals surface area contributed by atoms with Gasteiger partial charge in [0.25, 0.3) is 5.91 Å². The highest BCUT2D eigenvalue weighted by molar-refractivity contribution is 6.06. The van der Waals surface area contributed by atoms with Gasteiger partial charge in [0.15, 0.2) is 0 Å². The third-order valence-electron chi connectivity index (χ3n) is 3.32. The van der Waals surface area contributed by atoms with Gasteiger partial charge in [-0.25, -0.2) is 4.98 Å². The number of carbonyl (C=O) groups excluding carboxylic acids is 1. The van der Waals surface area contributed by atoms with Gasteiger partial charge in [0.2, 0.25) is 0 Å². The highest BCUT2D eigenvalue weighted by Crippen LogP contribution is 2.18. The van der Waals surface area contributed by atoms with E-state index in [0.717, 1.165) is 28.7 Å². The molecule has 0 atom stereocenters. The van der Waals surface area contributed by atoms with Gasteiger partial charge in [0, 0.05) is 35.9 Å². The normalized spacial score (nSPS) is 10.7. The Labute approximate surface area is 122 Å². The van der Waals surface area contributed by atoms with Gasteiger partial charge in [-0.05, 0) is 19.1 Å². The Morgan fingerprint density at radius 2 is 2.19 bits per heavy atom. The van der Waals surface area contributed by atoms with Crippen LogP contribution in [0.2, 0.25) is 0 Å². The molecule has 21 heavy (non-hydrogen) atoms. The number of nitrogens with one attached hydrogen (secondary N) is 2. The van der Waals surface area contributed by atoms with Gasteiger partial charge in [-0.3, -0.25) is 9.78 Å². The second kappa shape index (κ2) is 5.75. The zero-order valence-electron chi connectivity index (χ0n) is 11.8. The smallest absolute Gasteiger partial charge is 0.252 e. The molecule has 0 saturated heterocycles. The molecule has 0 saturated carbocycles. The predicted molar refractivity (Wildman–Crippen MR) is 81.1 cm³/mol. The number of hydrogen-bond donors (Lipinski definition) is 2. The maximum Gasteiger partial charge on any atom is 0.252 e. The van der Waals surface area contributed by atoms with Gasteiger partial charge in [-0.15, -0.1) is 0 Å². The van der Waals surface area contributed by atoms with E-state index in [1.165, 1.54) is 0 Å². The van der Waals surface area contributed by atoms with E-state index in [1.807, 2.05) is 37.3 Å². The van der Waals surface area contributed by atoms with Crippen LogP contribution >= 0.6 is 0 Å². The first kappa shape index (κ1) is 13.3. The lowest BCUT2D eigenvalue weighted by atomic mass is 10.1. The van der Waals surface area contributed by atoms with Crippen molar-refractivity contribution in [2.45, 2.75) is 13.3 Å². The molecule has 0 fully saturated rings.